The molecule has 2 amide bonds. The maximum Gasteiger partial charge on any atom is 0.318 e. The number of morpholine rings is 1. The van der Waals surface area contributed by atoms with Crippen LogP contribution in [0.25, 0.3) is 5.69 Å². The van der Waals surface area contributed by atoms with Gasteiger partial charge in [-0.25, -0.2) is 9.78 Å². The van der Waals surface area contributed by atoms with E-state index in [1.165, 1.54) is 0 Å². The lowest BCUT2D eigenvalue weighted by atomic mass is 10.1. The average molecular weight is 342 g/mol. The molecular weight excluding hydrogens is 316 g/mol. The van der Waals surface area contributed by atoms with Crippen molar-refractivity contribution in [3.05, 3.63) is 48.0 Å². The van der Waals surface area contributed by atoms with Crippen molar-refractivity contribution >= 4 is 6.03 Å². The maximum atomic E-state index is 12.6. The molecule has 25 heavy (non-hydrogen) atoms. The van der Waals surface area contributed by atoms with Crippen molar-refractivity contribution < 1.29 is 9.53 Å². The van der Waals surface area contributed by atoms with Crippen LogP contribution in [0.2, 0.25) is 0 Å². The van der Waals surface area contributed by atoms with Gasteiger partial charge in [0.15, 0.2) is 0 Å². The highest BCUT2D eigenvalue weighted by Crippen LogP contribution is 2.18. The van der Waals surface area contributed by atoms with Crippen LogP contribution in [-0.2, 0) is 4.74 Å². The summed E-state index contributed by atoms with van der Waals surface area (Å²) in [6, 6.07) is 8.30. The third-order valence-electron chi connectivity index (χ3n) is 4.80. The van der Waals surface area contributed by atoms with Gasteiger partial charge in [0.05, 0.1) is 25.3 Å². The molecular formula is C19H26N4O2. The third kappa shape index (κ3) is 3.85. The van der Waals surface area contributed by atoms with Crippen molar-refractivity contribution in [1.29, 1.82) is 0 Å². The highest BCUT2D eigenvalue weighted by Gasteiger charge is 2.26. The van der Waals surface area contributed by atoms with Crippen LogP contribution in [0.3, 0.4) is 0 Å². The Morgan fingerprint density at radius 1 is 1.40 bits per heavy atom. The minimum atomic E-state index is -0.0502. The Labute approximate surface area is 148 Å². The van der Waals surface area contributed by atoms with Crippen LogP contribution in [0, 0.1) is 6.92 Å². The summed E-state index contributed by atoms with van der Waals surface area (Å²) < 4.78 is 7.51. The largest absolute Gasteiger partial charge is 0.377 e. The number of amides is 2. The monoisotopic (exact) mass is 342 g/mol. The summed E-state index contributed by atoms with van der Waals surface area (Å²) in [5.41, 5.74) is 2.15. The first-order valence-electron chi connectivity index (χ1n) is 8.85. The third-order valence-corrected chi connectivity index (χ3v) is 4.80. The number of urea groups is 1. The number of carbonyl (C=O) groups excluding carboxylic acids is 1. The summed E-state index contributed by atoms with van der Waals surface area (Å²) >= 11 is 0. The van der Waals surface area contributed by atoms with E-state index in [2.05, 4.69) is 41.5 Å². The number of hydrogen-bond acceptors (Lipinski definition) is 3. The van der Waals surface area contributed by atoms with Gasteiger partial charge in [-0.3, -0.25) is 0 Å². The topological polar surface area (TPSA) is 59.4 Å². The summed E-state index contributed by atoms with van der Waals surface area (Å²) in [6.07, 6.45) is 4.64. The number of aryl methyl sites for hydroxylation is 1. The molecule has 0 aliphatic carbocycles. The number of benzene rings is 1. The molecule has 1 aromatic heterocycles. The number of rotatable bonds is 4. The second-order valence-corrected chi connectivity index (χ2v) is 6.44. The normalized spacial score (nSPS) is 18.8. The maximum absolute atomic E-state index is 12.6. The number of nitrogens with zero attached hydrogens (tertiary/aromatic N) is 3. The standard InChI is InChI=1S/C19H26N4O2/c1-4-17-13-25-12-11-23(17)19(24)21-14(2)16-5-7-18(8-6-16)22-10-9-20-15(22)3/h5-10,14,17H,4,11-13H2,1-3H3,(H,21,24)/t14-,17+/m0/s1. The summed E-state index contributed by atoms with van der Waals surface area (Å²) in [7, 11) is 0. The first kappa shape index (κ1) is 17.5. The van der Waals surface area contributed by atoms with Crippen molar-refractivity contribution in [2.24, 2.45) is 0 Å². The first-order valence-corrected chi connectivity index (χ1v) is 8.85. The van der Waals surface area contributed by atoms with E-state index in [1.807, 2.05) is 29.5 Å². The number of aromatic nitrogens is 2. The van der Waals surface area contributed by atoms with Gasteiger partial charge < -0.3 is 19.5 Å². The summed E-state index contributed by atoms with van der Waals surface area (Å²) in [4.78, 5) is 18.7. The van der Waals surface area contributed by atoms with Crippen molar-refractivity contribution in [3.63, 3.8) is 0 Å². The SMILES string of the molecule is CC[C@@H]1COCCN1C(=O)N[C@@H](C)c1ccc(-n2ccnc2C)cc1. The molecule has 1 fully saturated rings. The Morgan fingerprint density at radius 2 is 2.16 bits per heavy atom. The highest BCUT2D eigenvalue weighted by atomic mass is 16.5. The van der Waals surface area contributed by atoms with Crippen molar-refractivity contribution in [1.82, 2.24) is 19.8 Å². The lowest BCUT2D eigenvalue weighted by Crippen LogP contribution is -2.52. The molecule has 1 N–H and O–H groups in total. The molecule has 0 radical (unpaired) electrons. The van der Waals surface area contributed by atoms with E-state index in [4.69, 9.17) is 4.74 Å². The van der Waals surface area contributed by atoms with Crippen molar-refractivity contribution in [2.45, 2.75) is 39.3 Å². The number of imidazole rings is 1. The smallest absolute Gasteiger partial charge is 0.318 e. The molecule has 1 saturated heterocycles. The van der Waals surface area contributed by atoms with E-state index >= 15 is 0 Å². The molecule has 1 aliphatic rings. The molecule has 2 heterocycles. The first-order chi connectivity index (χ1) is 12.1. The number of carbonyl (C=O) groups is 1. The molecule has 0 saturated carbocycles. The van der Waals surface area contributed by atoms with E-state index in [0.29, 0.717) is 19.8 Å². The van der Waals surface area contributed by atoms with Crippen LogP contribution in [-0.4, -0.2) is 46.3 Å². The number of nitrogens with one attached hydrogen (secondary N) is 1. The van der Waals surface area contributed by atoms with E-state index in [0.717, 1.165) is 23.5 Å². The van der Waals surface area contributed by atoms with Crippen LogP contribution >= 0.6 is 0 Å². The lowest BCUT2D eigenvalue weighted by Gasteiger charge is -2.35. The second kappa shape index (κ2) is 7.70. The van der Waals surface area contributed by atoms with Gasteiger partial charge in [-0.1, -0.05) is 19.1 Å². The summed E-state index contributed by atoms with van der Waals surface area (Å²) in [6.45, 7) is 7.95. The van der Waals surface area contributed by atoms with Gasteiger partial charge in [0.2, 0.25) is 0 Å². The Kier molecular flexibility index (Phi) is 5.38. The molecule has 1 aromatic carbocycles. The second-order valence-electron chi connectivity index (χ2n) is 6.44. The Bertz CT molecular complexity index is 710. The molecule has 0 spiro atoms. The Balaban J connectivity index is 1.65. The minimum Gasteiger partial charge on any atom is -0.377 e. The van der Waals surface area contributed by atoms with Crippen LogP contribution in [0.4, 0.5) is 4.79 Å². The molecule has 134 valence electrons. The zero-order valence-corrected chi connectivity index (χ0v) is 15.1. The molecule has 6 heteroatoms. The van der Waals surface area contributed by atoms with Crippen molar-refractivity contribution in [3.8, 4) is 5.69 Å². The van der Waals surface area contributed by atoms with Gasteiger partial charge >= 0.3 is 6.03 Å². The molecule has 2 aromatic rings. The zero-order valence-electron chi connectivity index (χ0n) is 15.1. The lowest BCUT2D eigenvalue weighted by molar-refractivity contribution is 0.0108. The number of hydrogen-bond donors (Lipinski definition) is 1. The fourth-order valence-electron chi connectivity index (χ4n) is 3.19. The minimum absolute atomic E-state index is 0.0165. The van der Waals surface area contributed by atoms with Crippen LogP contribution in [0.15, 0.2) is 36.7 Å². The van der Waals surface area contributed by atoms with Crippen LogP contribution < -0.4 is 5.32 Å². The molecule has 2 atom stereocenters. The fourth-order valence-corrected chi connectivity index (χ4v) is 3.19. The predicted octanol–water partition coefficient (Wildman–Crippen LogP) is 3.06. The van der Waals surface area contributed by atoms with Gasteiger partial charge in [-0.2, -0.15) is 0 Å². The summed E-state index contributed by atoms with van der Waals surface area (Å²) in [5, 5.41) is 3.11. The van der Waals surface area contributed by atoms with Gasteiger partial charge in [-0.05, 0) is 38.0 Å². The molecule has 3 rings (SSSR count). The van der Waals surface area contributed by atoms with E-state index in [-0.39, 0.29) is 18.1 Å². The van der Waals surface area contributed by atoms with Crippen LogP contribution in [0.1, 0.15) is 37.7 Å². The van der Waals surface area contributed by atoms with E-state index in [1.54, 1.807) is 6.20 Å². The highest BCUT2D eigenvalue weighted by molar-refractivity contribution is 5.75. The average Bonchev–Trinajstić information content (AvgIpc) is 3.07. The molecule has 1 aliphatic heterocycles. The fraction of sp³-hybridized carbons (Fsp3) is 0.474. The van der Waals surface area contributed by atoms with Gasteiger partial charge in [0.25, 0.3) is 0 Å². The molecule has 0 bridgehead atoms. The molecule has 6 nitrogen and oxygen atoms in total. The van der Waals surface area contributed by atoms with Gasteiger partial charge in [0, 0.05) is 24.6 Å². The van der Waals surface area contributed by atoms with E-state index < -0.39 is 0 Å². The predicted molar refractivity (Wildman–Crippen MR) is 96.9 cm³/mol. The molecule has 0 unspecified atom stereocenters. The Morgan fingerprint density at radius 3 is 2.80 bits per heavy atom. The Hall–Kier alpha value is -2.34. The van der Waals surface area contributed by atoms with Gasteiger partial charge in [-0.15, -0.1) is 0 Å². The zero-order chi connectivity index (χ0) is 17.8. The number of ether oxygens (including phenoxy) is 1. The summed E-state index contributed by atoms with van der Waals surface area (Å²) in [5.74, 6) is 0.951. The quantitative estimate of drug-likeness (QED) is 0.929. The van der Waals surface area contributed by atoms with Gasteiger partial charge in [0.1, 0.15) is 5.82 Å². The van der Waals surface area contributed by atoms with E-state index in [9.17, 15) is 4.79 Å². The van der Waals surface area contributed by atoms with Crippen molar-refractivity contribution in [2.75, 3.05) is 19.8 Å². The van der Waals surface area contributed by atoms with Crippen LogP contribution in [0.5, 0.6) is 0 Å².